The van der Waals surface area contributed by atoms with Gasteiger partial charge in [-0.15, -0.1) is 0 Å². The van der Waals surface area contributed by atoms with Crippen molar-refractivity contribution in [2.45, 2.75) is 12.8 Å². The number of rotatable bonds is 5. The molecule has 0 fully saturated rings. The van der Waals surface area contributed by atoms with Gasteiger partial charge in [-0.2, -0.15) is 0 Å². The van der Waals surface area contributed by atoms with Crippen LogP contribution in [0.15, 0.2) is 30.4 Å². The molecule has 0 spiro atoms. The lowest BCUT2D eigenvalue weighted by atomic mass is 10.1. The lowest BCUT2D eigenvalue weighted by molar-refractivity contribution is 0.615. The van der Waals surface area contributed by atoms with Gasteiger partial charge < -0.3 is 5.32 Å². The quantitative estimate of drug-likeness (QED) is 0.602. The van der Waals surface area contributed by atoms with Gasteiger partial charge in [-0.1, -0.05) is 29.8 Å². The van der Waals surface area contributed by atoms with Crippen molar-refractivity contribution in [1.82, 2.24) is 5.32 Å². The van der Waals surface area contributed by atoms with Crippen LogP contribution in [0.3, 0.4) is 0 Å². The van der Waals surface area contributed by atoms with Crippen LogP contribution in [0.4, 0.5) is 4.39 Å². The molecule has 3 heteroatoms. The summed E-state index contributed by atoms with van der Waals surface area (Å²) >= 11 is 5.88. The van der Waals surface area contributed by atoms with Gasteiger partial charge in [-0.25, -0.2) is 4.39 Å². The van der Waals surface area contributed by atoms with Gasteiger partial charge in [0.15, 0.2) is 0 Å². The number of halogens is 2. The maximum absolute atomic E-state index is 13.3. The van der Waals surface area contributed by atoms with E-state index >= 15 is 0 Å². The molecule has 0 bridgehead atoms. The molecule has 0 atom stereocenters. The first-order valence-corrected chi connectivity index (χ1v) is 5.36. The first kappa shape index (κ1) is 12.2. The second kappa shape index (κ2) is 6.59. The smallest absolute Gasteiger partial charge is 0.128 e. The largest absolute Gasteiger partial charge is 0.319 e. The van der Waals surface area contributed by atoms with E-state index in [1.165, 1.54) is 6.07 Å². The molecule has 1 nitrogen and oxygen atoms in total. The third-order valence-corrected chi connectivity index (χ3v) is 2.47. The van der Waals surface area contributed by atoms with Crippen molar-refractivity contribution < 1.29 is 4.39 Å². The zero-order chi connectivity index (χ0) is 11.1. The highest BCUT2D eigenvalue weighted by Crippen LogP contribution is 2.19. The van der Waals surface area contributed by atoms with Crippen molar-refractivity contribution in [1.29, 1.82) is 0 Å². The second-order valence-electron chi connectivity index (χ2n) is 3.27. The summed E-state index contributed by atoms with van der Waals surface area (Å²) in [6.45, 7) is 0.932. The van der Waals surface area contributed by atoms with Crippen LogP contribution in [0, 0.1) is 5.82 Å². The number of allylic oxidation sites excluding steroid dienone is 1. The highest BCUT2D eigenvalue weighted by molar-refractivity contribution is 6.31. The van der Waals surface area contributed by atoms with E-state index in [1.807, 2.05) is 19.2 Å². The molecule has 0 saturated carbocycles. The number of hydrogen-bond acceptors (Lipinski definition) is 1. The molecule has 1 N–H and O–H groups in total. The Balaban J connectivity index is 2.53. The van der Waals surface area contributed by atoms with Gasteiger partial charge >= 0.3 is 0 Å². The minimum absolute atomic E-state index is 0.235. The molecule has 0 unspecified atom stereocenters. The molecule has 0 aliphatic rings. The fraction of sp³-hybridized carbons (Fsp3) is 0.333. The van der Waals surface area contributed by atoms with E-state index in [-0.39, 0.29) is 5.82 Å². The SMILES string of the molecule is CNCCC=CCc1c(F)cccc1Cl. The molecule has 82 valence electrons. The average Bonchev–Trinajstić information content (AvgIpc) is 2.21. The van der Waals surface area contributed by atoms with Gasteiger partial charge in [0.25, 0.3) is 0 Å². The van der Waals surface area contributed by atoms with Gasteiger partial charge in [-0.3, -0.25) is 0 Å². The van der Waals surface area contributed by atoms with Crippen LogP contribution in [0.2, 0.25) is 5.02 Å². The van der Waals surface area contributed by atoms with Gasteiger partial charge in [0.2, 0.25) is 0 Å². The molecular weight excluding hydrogens is 213 g/mol. The normalized spacial score (nSPS) is 11.1. The van der Waals surface area contributed by atoms with E-state index in [0.29, 0.717) is 17.0 Å². The van der Waals surface area contributed by atoms with Gasteiger partial charge in [0, 0.05) is 10.6 Å². The van der Waals surface area contributed by atoms with Gasteiger partial charge in [0.05, 0.1) is 0 Å². The Kier molecular flexibility index (Phi) is 5.37. The van der Waals surface area contributed by atoms with E-state index in [0.717, 1.165) is 13.0 Å². The molecule has 0 heterocycles. The van der Waals surface area contributed by atoms with Crippen molar-refractivity contribution >= 4 is 11.6 Å². The predicted octanol–water partition coefficient (Wildman–Crippen LogP) is 3.19. The van der Waals surface area contributed by atoms with Crippen LogP contribution >= 0.6 is 11.6 Å². The summed E-state index contributed by atoms with van der Waals surface area (Å²) in [5.74, 6) is -0.235. The van der Waals surface area contributed by atoms with E-state index in [9.17, 15) is 4.39 Å². The molecule has 15 heavy (non-hydrogen) atoms. The summed E-state index contributed by atoms with van der Waals surface area (Å²) in [5, 5.41) is 3.53. The van der Waals surface area contributed by atoms with E-state index in [2.05, 4.69) is 5.32 Å². The minimum Gasteiger partial charge on any atom is -0.319 e. The highest BCUT2D eigenvalue weighted by atomic mass is 35.5. The zero-order valence-corrected chi connectivity index (χ0v) is 9.52. The maximum atomic E-state index is 13.3. The van der Waals surface area contributed by atoms with E-state index < -0.39 is 0 Å². The summed E-state index contributed by atoms with van der Waals surface area (Å²) < 4.78 is 13.3. The molecule has 0 radical (unpaired) electrons. The minimum atomic E-state index is -0.235. The van der Waals surface area contributed by atoms with Gasteiger partial charge in [0.1, 0.15) is 5.82 Å². The van der Waals surface area contributed by atoms with E-state index in [1.54, 1.807) is 12.1 Å². The van der Waals surface area contributed by atoms with Crippen molar-refractivity contribution in [3.05, 3.63) is 46.8 Å². The summed E-state index contributed by atoms with van der Waals surface area (Å²) in [7, 11) is 1.90. The zero-order valence-electron chi connectivity index (χ0n) is 8.76. The first-order valence-electron chi connectivity index (χ1n) is 4.98. The molecular formula is C12H15ClFN. The van der Waals surface area contributed by atoms with Crippen LogP contribution in [0.25, 0.3) is 0 Å². The second-order valence-corrected chi connectivity index (χ2v) is 3.68. The Morgan fingerprint density at radius 3 is 2.87 bits per heavy atom. The molecule has 0 amide bonds. The van der Waals surface area contributed by atoms with Crippen LogP contribution in [0.1, 0.15) is 12.0 Å². The number of benzene rings is 1. The third-order valence-electron chi connectivity index (χ3n) is 2.11. The van der Waals surface area contributed by atoms with Crippen molar-refractivity contribution in [2.75, 3.05) is 13.6 Å². The number of nitrogens with one attached hydrogen (secondary N) is 1. The topological polar surface area (TPSA) is 12.0 Å². The van der Waals surface area contributed by atoms with Gasteiger partial charge in [-0.05, 0) is 38.6 Å². The monoisotopic (exact) mass is 227 g/mol. The standard InChI is InChI=1S/C12H15ClFN/c1-15-9-4-2-3-6-10-11(13)7-5-8-12(10)14/h2-3,5,7-8,15H,4,6,9H2,1H3. The Hall–Kier alpha value is -0.860. The van der Waals surface area contributed by atoms with E-state index in [4.69, 9.17) is 11.6 Å². The maximum Gasteiger partial charge on any atom is 0.128 e. The van der Waals surface area contributed by atoms with Crippen molar-refractivity contribution in [3.63, 3.8) is 0 Å². The molecule has 0 aromatic heterocycles. The van der Waals surface area contributed by atoms with Crippen molar-refractivity contribution in [2.24, 2.45) is 0 Å². The van der Waals surface area contributed by atoms with Crippen LogP contribution < -0.4 is 5.32 Å². The Morgan fingerprint density at radius 2 is 2.20 bits per heavy atom. The summed E-state index contributed by atoms with van der Waals surface area (Å²) in [6, 6.07) is 4.76. The molecule has 0 aliphatic carbocycles. The fourth-order valence-corrected chi connectivity index (χ4v) is 1.51. The van der Waals surface area contributed by atoms with Crippen LogP contribution in [-0.2, 0) is 6.42 Å². The third kappa shape index (κ3) is 4.02. The predicted molar refractivity (Wildman–Crippen MR) is 62.8 cm³/mol. The highest BCUT2D eigenvalue weighted by Gasteiger charge is 2.03. The molecule has 0 aliphatic heterocycles. The lowest BCUT2D eigenvalue weighted by Gasteiger charge is -2.01. The molecule has 1 aromatic rings. The Labute approximate surface area is 95.0 Å². The molecule has 1 rings (SSSR count). The lowest BCUT2D eigenvalue weighted by Crippen LogP contribution is -2.05. The molecule has 1 aromatic carbocycles. The van der Waals surface area contributed by atoms with Crippen LogP contribution in [0.5, 0.6) is 0 Å². The average molecular weight is 228 g/mol. The summed E-state index contributed by atoms with van der Waals surface area (Å²) in [4.78, 5) is 0. The Bertz CT molecular complexity index is 316. The van der Waals surface area contributed by atoms with Crippen molar-refractivity contribution in [3.8, 4) is 0 Å². The van der Waals surface area contributed by atoms with Crippen LogP contribution in [-0.4, -0.2) is 13.6 Å². The first-order chi connectivity index (χ1) is 7.25. The Morgan fingerprint density at radius 1 is 1.40 bits per heavy atom. The molecule has 0 saturated heterocycles. The fourth-order valence-electron chi connectivity index (χ4n) is 1.27. The number of hydrogen-bond donors (Lipinski definition) is 1. The summed E-state index contributed by atoms with van der Waals surface area (Å²) in [5.41, 5.74) is 0.569. The summed E-state index contributed by atoms with van der Waals surface area (Å²) in [6.07, 6.45) is 5.47.